The zero-order valence-corrected chi connectivity index (χ0v) is 11.7. The van der Waals surface area contributed by atoms with Crippen LogP contribution in [0.25, 0.3) is 11.0 Å². The first-order valence-corrected chi connectivity index (χ1v) is 6.86. The first-order valence-electron chi connectivity index (χ1n) is 6.86. The second kappa shape index (κ2) is 6.43. The molecule has 1 aromatic heterocycles. The molecule has 0 amide bonds. The zero-order valence-electron chi connectivity index (χ0n) is 11.7. The molecule has 0 bridgehead atoms. The van der Waals surface area contributed by atoms with E-state index in [4.69, 9.17) is 4.98 Å². The summed E-state index contributed by atoms with van der Waals surface area (Å²) in [5.74, 6) is 0. The Labute approximate surface area is 114 Å². The van der Waals surface area contributed by atoms with Crippen LogP contribution in [0.1, 0.15) is 38.4 Å². The van der Waals surface area contributed by atoms with Crippen molar-refractivity contribution in [2.24, 2.45) is 0 Å². The lowest BCUT2D eigenvalue weighted by Crippen LogP contribution is -2.22. The molecule has 0 saturated carbocycles. The molecule has 19 heavy (non-hydrogen) atoms. The monoisotopic (exact) mass is 255 g/mol. The molecule has 0 aliphatic heterocycles. The lowest BCUT2D eigenvalue weighted by Gasteiger charge is -2.18. The number of nitrogens with one attached hydrogen (secondary N) is 1. The minimum Gasteiger partial charge on any atom is -0.309 e. The highest BCUT2D eigenvalue weighted by atomic mass is 14.9. The summed E-state index contributed by atoms with van der Waals surface area (Å²) in [6.45, 7) is 9.25. The molecule has 0 saturated heterocycles. The molecule has 2 aromatic rings. The van der Waals surface area contributed by atoms with Crippen molar-refractivity contribution in [3.8, 4) is 0 Å². The van der Waals surface area contributed by atoms with Crippen LogP contribution in [-0.4, -0.2) is 16.5 Å². The van der Waals surface area contributed by atoms with Crippen LogP contribution in [0.4, 0.5) is 0 Å². The van der Waals surface area contributed by atoms with Crippen LogP contribution in [0, 0.1) is 0 Å². The second-order valence-electron chi connectivity index (χ2n) is 4.70. The van der Waals surface area contributed by atoms with Crippen LogP contribution in [0.3, 0.4) is 0 Å². The van der Waals surface area contributed by atoms with Crippen LogP contribution in [-0.2, 0) is 0 Å². The first kappa shape index (κ1) is 13.7. The predicted octanol–water partition coefficient (Wildman–Crippen LogP) is 3.64. The van der Waals surface area contributed by atoms with Gasteiger partial charge < -0.3 is 5.32 Å². The normalized spacial score (nSPS) is 12.5. The molecule has 2 rings (SSSR count). The summed E-state index contributed by atoms with van der Waals surface area (Å²) in [6.07, 6.45) is 3.79. The summed E-state index contributed by atoms with van der Waals surface area (Å²) in [5, 5.41) is 3.47. The summed E-state index contributed by atoms with van der Waals surface area (Å²) in [5.41, 5.74) is 4.12. The SMILES string of the molecule is C=C(CC)CC(NCC)c1cnc2ccccc2n1. The number of rotatable bonds is 6. The summed E-state index contributed by atoms with van der Waals surface area (Å²) in [4.78, 5) is 9.20. The van der Waals surface area contributed by atoms with Gasteiger partial charge in [0.2, 0.25) is 0 Å². The van der Waals surface area contributed by atoms with Crippen LogP contribution in [0.15, 0.2) is 42.6 Å². The maximum atomic E-state index is 4.72. The molecule has 0 aliphatic rings. The summed E-state index contributed by atoms with van der Waals surface area (Å²) < 4.78 is 0. The topological polar surface area (TPSA) is 37.8 Å². The van der Waals surface area contributed by atoms with Crippen molar-refractivity contribution in [1.29, 1.82) is 0 Å². The highest BCUT2D eigenvalue weighted by molar-refractivity contribution is 5.73. The Morgan fingerprint density at radius 1 is 1.26 bits per heavy atom. The van der Waals surface area contributed by atoms with Crippen LogP contribution < -0.4 is 5.32 Å². The van der Waals surface area contributed by atoms with Crippen molar-refractivity contribution in [2.75, 3.05) is 6.54 Å². The number of para-hydroxylation sites is 2. The van der Waals surface area contributed by atoms with Gasteiger partial charge in [-0.05, 0) is 31.5 Å². The molecule has 3 heteroatoms. The minimum absolute atomic E-state index is 0.203. The van der Waals surface area contributed by atoms with E-state index in [1.807, 2.05) is 30.5 Å². The average Bonchev–Trinajstić information content (AvgIpc) is 2.46. The molecule has 0 radical (unpaired) electrons. The Balaban J connectivity index is 2.30. The molecule has 0 aliphatic carbocycles. The number of aromatic nitrogens is 2. The Bertz CT molecular complexity index is 563. The molecule has 1 atom stereocenters. The number of hydrogen-bond acceptors (Lipinski definition) is 3. The largest absolute Gasteiger partial charge is 0.309 e. The summed E-state index contributed by atoms with van der Waals surface area (Å²) in [7, 11) is 0. The zero-order chi connectivity index (χ0) is 13.7. The third kappa shape index (κ3) is 3.38. The summed E-state index contributed by atoms with van der Waals surface area (Å²) in [6, 6.07) is 8.17. The summed E-state index contributed by atoms with van der Waals surface area (Å²) >= 11 is 0. The Kier molecular flexibility index (Phi) is 4.63. The van der Waals surface area contributed by atoms with E-state index in [1.54, 1.807) is 0 Å². The lowest BCUT2D eigenvalue weighted by atomic mass is 10.0. The second-order valence-corrected chi connectivity index (χ2v) is 4.70. The molecule has 0 fully saturated rings. The van der Waals surface area contributed by atoms with E-state index in [0.29, 0.717) is 0 Å². The molecule has 1 heterocycles. The maximum absolute atomic E-state index is 4.72. The van der Waals surface area contributed by atoms with Gasteiger partial charge in [0.15, 0.2) is 0 Å². The Hall–Kier alpha value is -1.74. The quantitative estimate of drug-likeness (QED) is 0.801. The van der Waals surface area contributed by atoms with E-state index in [2.05, 4.69) is 30.7 Å². The smallest absolute Gasteiger partial charge is 0.0890 e. The molecule has 3 nitrogen and oxygen atoms in total. The molecular formula is C16H21N3. The Morgan fingerprint density at radius 2 is 2.00 bits per heavy atom. The highest BCUT2D eigenvalue weighted by Crippen LogP contribution is 2.21. The number of hydrogen-bond donors (Lipinski definition) is 1. The highest BCUT2D eigenvalue weighted by Gasteiger charge is 2.13. The van der Waals surface area contributed by atoms with Gasteiger partial charge in [0.1, 0.15) is 0 Å². The first-order chi connectivity index (χ1) is 9.24. The van der Waals surface area contributed by atoms with E-state index >= 15 is 0 Å². The fourth-order valence-electron chi connectivity index (χ4n) is 2.10. The third-order valence-corrected chi connectivity index (χ3v) is 3.27. The van der Waals surface area contributed by atoms with Gasteiger partial charge in [0.05, 0.1) is 29.0 Å². The van der Waals surface area contributed by atoms with Gasteiger partial charge in [0, 0.05) is 0 Å². The van der Waals surface area contributed by atoms with Gasteiger partial charge in [-0.1, -0.05) is 38.1 Å². The minimum atomic E-state index is 0.203. The van der Waals surface area contributed by atoms with Crippen molar-refractivity contribution >= 4 is 11.0 Å². The molecule has 100 valence electrons. The molecule has 1 N–H and O–H groups in total. The van der Waals surface area contributed by atoms with Gasteiger partial charge in [-0.15, -0.1) is 0 Å². The lowest BCUT2D eigenvalue weighted by molar-refractivity contribution is 0.530. The van der Waals surface area contributed by atoms with Gasteiger partial charge >= 0.3 is 0 Å². The fourth-order valence-corrected chi connectivity index (χ4v) is 2.10. The number of nitrogens with zero attached hydrogens (tertiary/aromatic N) is 2. The molecular weight excluding hydrogens is 234 g/mol. The van der Waals surface area contributed by atoms with Crippen molar-refractivity contribution in [3.63, 3.8) is 0 Å². The average molecular weight is 255 g/mol. The van der Waals surface area contributed by atoms with Gasteiger partial charge in [-0.3, -0.25) is 4.98 Å². The van der Waals surface area contributed by atoms with E-state index < -0.39 is 0 Å². The van der Waals surface area contributed by atoms with E-state index in [1.165, 1.54) is 5.57 Å². The van der Waals surface area contributed by atoms with Crippen molar-refractivity contribution in [3.05, 3.63) is 48.3 Å². The Morgan fingerprint density at radius 3 is 2.68 bits per heavy atom. The van der Waals surface area contributed by atoms with E-state index in [0.717, 1.165) is 36.1 Å². The third-order valence-electron chi connectivity index (χ3n) is 3.27. The molecule has 1 aromatic carbocycles. The molecule has 0 spiro atoms. The van der Waals surface area contributed by atoms with Gasteiger partial charge in [-0.25, -0.2) is 4.98 Å². The van der Waals surface area contributed by atoms with E-state index in [-0.39, 0.29) is 6.04 Å². The number of benzene rings is 1. The number of fused-ring (bicyclic) bond motifs is 1. The fraction of sp³-hybridized carbons (Fsp3) is 0.375. The van der Waals surface area contributed by atoms with Crippen molar-refractivity contribution < 1.29 is 0 Å². The van der Waals surface area contributed by atoms with Crippen LogP contribution >= 0.6 is 0 Å². The van der Waals surface area contributed by atoms with Gasteiger partial charge in [0.25, 0.3) is 0 Å². The predicted molar refractivity (Wildman–Crippen MR) is 80.0 cm³/mol. The van der Waals surface area contributed by atoms with Gasteiger partial charge in [-0.2, -0.15) is 0 Å². The van der Waals surface area contributed by atoms with Crippen molar-refractivity contribution in [2.45, 2.75) is 32.7 Å². The molecule has 1 unspecified atom stereocenters. The van der Waals surface area contributed by atoms with E-state index in [9.17, 15) is 0 Å². The van der Waals surface area contributed by atoms with Crippen LogP contribution in [0.2, 0.25) is 0 Å². The van der Waals surface area contributed by atoms with Crippen LogP contribution in [0.5, 0.6) is 0 Å². The standard InChI is InChI=1S/C16H21N3/c1-4-12(3)10-15(17-5-2)16-11-18-13-8-6-7-9-14(13)19-16/h6-9,11,15,17H,3-5,10H2,1-2H3. The maximum Gasteiger partial charge on any atom is 0.0890 e. The van der Waals surface area contributed by atoms with Crippen molar-refractivity contribution in [1.82, 2.24) is 15.3 Å².